The van der Waals surface area contributed by atoms with Crippen LogP contribution in [0.4, 0.5) is 5.69 Å². The third-order valence-corrected chi connectivity index (χ3v) is 2.88. The molecule has 3 rings (SSSR count). The number of aromatic nitrogens is 2. The zero-order valence-electron chi connectivity index (χ0n) is 8.48. The Bertz CT molecular complexity index is 511. The van der Waals surface area contributed by atoms with Crippen molar-refractivity contribution in [1.29, 1.82) is 0 Å². The first kappa shape index (κ1) is 8.73. The second-order valence-electron chi connectivity index (χ2n) is 4.08. The summed E-state index contributed by atoms with van der Waals surface area (Å²) in [5.74, 6) is 0.970. The van der Waals surface area contributed by atoms with Gasteiger partial charge in [0.25, 0.3) is 0 Å². The van der Waals surface area contributed by atoms with Crippen LogP contribution in [-0.4, -0.2) is 9.55 Å². The summed E-state index contributed by atoms with van der Waals surface area (Å²) in [5, 5.41) is 0. The molecule has 4 nitrogen and oxygen atoms in total. The summed E-state index contributed by atoms with van der Waals surface area (Å²) in [5.41, 5.74) is 14.4. The van der Waals surface area contributed by atoms with Crippen molar-refractivity contribution < 1.29 is 0 Å². The van der Waals surface area contributed by atoms with E-state index in [0.717, 1.165) is 22.5 Å². The van der Waals surface area contributed by atoms with E-state index >= 15 is 0 Å². The number of anilines is 1. The molecule has 1 aliphatic rings. The van der Waals surface area contributed by atoms with Crippen molar-refractivity contribution in [3.8, 4) is 0 Å². The molecule has 0 saturated heterocycles. The zero-order valence-corrected chi connectivity index (χ0v) is 8.48. The molecular formula is C11H14N4. The number of hydrogen-bond acceptors (Lipinski definition) is 3. The van der Waals surface area contributed by atoms with Gasteiger partial charge >= 0.3 is 0 Å². The highest BCUT2D eigenvalue weighted by atomic mass is 15.1. The Labute approximate surface area is 87.9 Å². The maximum absolute atomic E-state index is 5.79. The number of rotatable bonds is 2. The van der Waals surface area contributed by atoms with Crippen molar-refractivity contribution in [1.82, 2.24) is 9.55 Å². The smallest absolute Gasteiger partial charge is 0.123 e. The molecule has 1 aromatic heterocycles. The van der Waals surface area contributed by atoms with Crippen LogP contribution in [0.5, 0.6) is 0 Å². The van der Waals surface area contributed by atoms with Crippen LogP contribution in [0.2, 0.25) is 0 Å². The maximum atomic E-state index is 5.79. The minimum absolute atomic E-state index is 0.491. The van der Waals surface area contributed by atoms with Gasteiger partial charge < -0.3 is 16.0 Å². The van der Waals surface area contributed by atoms with E-state index in [9.17, 15) is 0 Å². The molecule has 1 aromatic carbocycles. The molecule has 2 aromatic rings. The van der Waals surface area contributed by atoms with Gasteiger partial charge in [-0.3, -0.25) is 0 Å². The molecule has 0 aliphatic heterocycles. The number of fused-ring (bicyclic) bond motifs is 1. The highest BCUT2D eigenvalue weighted by Crippen LogP contribution is 2.38. The minimum Gasteiger partial charge on any atom is -0.399 e. The van der Waals surface area contributed by atoms with Crippen molar-refractivity contribution in [2.45, 2.75) is 25.4 Å². The van der Waals surface area contributed by atoms with Gasteiger partial charge in [-0.05, 0) is 31.0 Å². The second-order valence-corrected chi connectivity index (χ2v) is 4.08. The lowest BCUT2D eigenvalue weighted by Gasteiger charge is -2.05. The van der Waals surface area contributed by atoms with E-state index in [2.05, 4.69) is 9.55 Å². The summed E-state index contributed by atoms with van der Waals surface area (Å²) in [6.07, 6.45) is 2.46. The van der Waals surface area contributed by atoms with Crippen LogP contribution < -0.4 is 11.5 Å². The first-order chi connectivity index (χ1) is 7.29. The number of hydrogen-bond donors (Lipinski definition) is 2. The number of benzene rings is 1. The average molecular weight is 202 g/mol. The van der Waals surface area contributed by atoms with Gasteiger partial charge in [0.2, 0.25) is 0 Å². The summed E-state index contributed by atoms with van der Waals surface area (Å²) in [6.45, 7) is 0.491. The molecular weight excluding hydrogens is 188 g/mol. The summed E-state index contributed by atoms with van der Waals surface area (Å²) >= 11 is 0. The van der Waals surface area contributed by atoms with E-state index in [-0.39, 0.29) is 0 Å². The lowest BCUT2D eigenvalue weighted by Crippen LogP contribution is -2.06. The van der Waals surface area contributed by atoms with Gasteiger partial charge in [-0.2, -0.15) is 0 Å². The molecule has 0 unspecified atom stereocenters. The number of nitrogen functional groups attached to an aromatic ring is 1. The second kappa shape index (κ2) is 2.97. The van der Waals surface area contributed by atoms with Crippen LogP contribution in [0.3, 0.4) is 0 Å². The zero-order chi connectivity index (χ0) is 10.4. The standard InChI is InChI=1S/C11H14N4/c12-6-11-14-9-4-1-7(13)5-10(9)15(11)8-2-3-8/h1,4-5,8H,2-3,6,12-13H2. The quantitative estimate of drug-likeness (QED) is 0.723. The van der Waals surface area contributed by atoms with Crippen LogP contribution in [0.25, 0.3) is 11.0 Å². The van der Waals surface area contributed by atoms with Gasteiger partial charge in [0.05, 0.1) is 17.6 Å². The van der Waals surface area contributed by atoms with Crippen LogP contribution in [0.15, 0.2) is 18.2 Å². The fourth-order valence-electron chi connectivity index (χ4n) is 2.04. The Morgan fingerprint density at radius 3 is 2.87 bits per heavy atom. The monoisotopic (exact) mass is 202 g/mol. The van der Waals surface area contributed by atoms with Gasteiger partial charge in [0.1, 0.15) is 5.82 Å². The van der Waals surface area contributed by atoms with E-state index in [0.29, 0.717) is 12.6 Å². The Hall–Kier alpha value is -1.55. The van der Waals surface area contributed by atoms with Crippen molar-refractivity contribution in [2.24, 2.45) is 5.73 Å². The van der Waals surface area contributed by atoms with Crippen molar-refractivity contribution in [2.75, 3.05) is 5.73 Å². The molecule has 1 heterocycles. The Kier molecular flexibility index (Phi) is 1.73. The lowest BCUT2D eigenvalue weighted by molar-refractivity contribution is 0.702. The predicted molar refractivity (Wildman–Crippen MR) is 60.3 cm³/mol. The van der Waals surface area contributed by atoms with E-state index in [1.54, 1.807) is 0 Å². The van der Waals surface area contributed by atoms with E-state index in [4.69, 9.17) is 11.5 Å². The molecule has 1 aliphatic carbocycles. The summed E-state index contributed by atoms with van der Waals surface area (Å²) in [4.78, 5) is 4.52. The molecule has 1 saturated carbocycles. The molecule has 0 amide bonds. The van der Waals surface area contributed by atoms with Crippen LogP contribution in [0, 0.1) is 0 Å². The van der Waals surface area contributed by atoms with Gasteiger partial charge in [0.15, 0.2) is 0 Å². The van der Waals surface area contributed by atoms with Crippen LogP contribution in [0.1, 0.15) is 24.7 Å². The van der Waals surface area contributed by atoms with E-state index in [1.165, 1.54) is 12.8 Å². The van der Waals surface area contributed by atoms with Crippen LogP contribution >= 0.6 is 0 Å². The Balaban J connectivity index is 2.30. The van der Waals surface area contributed by atoms with Gasteiger partial charge in [-0.25, -0.2) is 4.98 Å². The van der Waals surface area contributed by atoms with E-state index < -0.39 is 0 Å². The molecule has 4 heteroatoms. The highest BCUT2D eigenvalue weighted by molar-refractivity contribution is 5.80. The third-order valence-electron chi connectivity index (χ3n) is 2.88. The molecule has 0 spiro atoms. The number of nitrogens with two attached hydrogens (primary N) is 2. The molecule has 1 fully saturated rings. The molecule has 78 valence electrons. The number of nitrogens with zero attached hydrogens (tertiary/aromatic N) is 2. The fourth-order valence-corrected chi connectivity index (χ4v) is 2.04. The van der Waals surface area contributed by atoms with Crippen LogP contribution in [-0.2, 0) is 6.54 Å². The molecule has 0 bridgehead atoms. The third kappa shape index (κ3) is 1.29. The first-order valence-electron chi connectivity index (χ1n) is 5.26. The molecule has 0 radical (unpaired) electrons. The molecule has 15 heavy (non-hydrogen) atoms. The topological polar surface area (TPSA) is 69.9 Å². The normalized spacial score (nSPS) is 16.1. The highest BCUT2D eigenvalue weighted by Gasteiger charge is 2.27. The minimum atomic E-state index is 0.491. The Morgan fingerprint density at radius 2 is 2.20 bits per heavy atom. The number of imidazole rings is 1. The van der Waals surface area contributed by atoms with Gasteiger partial charge in [-0.15, -0.1) is 0 Å². The SMILES string of the molecule is NCc1nc2ccc(N)cc2n1C1CC1. The van der Waals surface area contributed by atoms with Crippen molar-refractivity contribution in [3.05, 3.63) is 24.0 Å². The average Bonchev–Trinajstić information content (AvgIpc) is 2.99. The summed E-state index contributed by atoms with van der Waals surface area (Å²) in [6, 6.07) is 6.42. The predicted octanol–water partition coefficient (Wildman–Crippen LogP) is 1.41. The van der Waals surface area contributed by atoms with E-state index in [1.807, 2.05) is 18.2 Å². The fraction of sp³-hybridized carbons (Fsp3) is 0.364. The first-order valence-corrected chi connectivity index (χ1v) is 5.26. The molecule has 4 N–H and O–H groups in total. The molecule has 0 atom stereocenters. The summed E-state index contributed by atoms with van der Waals surface area (Å²) < 4.78 is 2.24. The lowest BCUT2D eigenvalue weighted by atomic mass is 10.3. The van der Waals surface area contributed by atoms with Crippen molar-refractivity contribution in [3.63, 3.8) is 0 Å². The summed E-state index contributed by atoms with van der Waals surface area (Å²) in [7, 11) is 0. The Morgan fingerprint density at radius 1 is 1.40 bits per heavy atom. The van der Waals surface area contributed by atoms with Gasteiger partial charge in [-0.1, -0.05) is 0 Å². The largest absolute Gasteiger partial charge is 0.399 e. The maximum Gasteiger partial charge on any atom is 0.123 e. The van der Waals surface area contributed by atoms with Gasteiger partial charge in [0, 0.05) is 11.7 Å². The van der Waals surface area contributed by atoms with Crippen molar-refractivity contribution >= 4 is 16.7 Å².